The summed E-state index contributed by atoms with van der Waals surface area (Å²) in [6, 6.07) is 4.42. The van der Waals surface area contributed by atoms with E-state index in [0.29, 0.717) is 18.1 Å². The van der Waals surface area contributed by atoms with Crippen LogP contribution in [0, 0.1) is 30.6 Å². The second-order valence-electron chi connectivity index (χ2n) is 10.9. The Bertz CT molecular complexity index is 846. The molecule has 33 heavy (non-hydrogen) atoms. The van der Waals surface area contributed by atoms with Crippen LogP contribution in [0.2, 0.25) is 0 Å². The van der Waals surface area contributed by atoms with E-state index < -0.39 is 0 Å². The molecule has 2 aliphatic carbocycles. The molecule has 0 aliphatic heterocycles. The van der Waals surface area contributed by atoms with Crippen LogP contribution in [0.5, 0.6) is 0 Å². The van der Waals surface area contributed by atoms with Crippen LogP contribution in [0.25, 0.3) is 0 Å². The molecule has 3 nitrogen and oxygen atoms in total. The third-order valence-corrected chi connectivity index (χ3v) is 8.30. The molecule has 3 heteroatoms. The van der Waals surface area contributed by atoms with Gasteiger partial charge >= 0.3 is 0 Å². The summed E-state index contributed by atoms with van der Waals surface area (Å²) in [5.41, 5.74) is 4.79. The summed E-state index contributed by atoms with van der Waals surface area (Å²) < 4.78 is 0. The first kappa shape index (κ1) is 25.8. The number of benzene rings is 1. The van der Waals surface area contributed by atoms with Crippen LogP contribution in [0.4, 0.5) is 0 Å². The van der Waals surface area contributed by atoms with Crippen LogP contribution >= 0.6 is 0 Å². The lowest BCUT2D eigenvalue weighted by atomic mass is 9.71. The molecule has 0 saturated heterocycles. The van der Waals surface area contributed by atoms with Gasteiger partial charge in [-0.2, -0.15) is 0 Å². The van der Waals surface area contributed by atoms with Crippen molar-refractivity contribution in [2.45, 2.75) is 111 Å². The highest BCUT2D eigenvalue weighted by Crippen LogP contribution is 2.38. The molecule has 2 aliphatic rings. The van der Waals surface area contributed by atoms with Crippen molar-refractivity contribution in [2.75, 3.05) is 0 Å². The zero-order chi connectivity index (χ0) is 24.0. The molecule has 0 heterocycles. The largest absolute Gasteiger partial charge is 0.300 e. The molecule has 3 unspecified atom stereocenters. The number of carbonyl (C=O) groups excluding carboxylic acids is 3. The summed E-state index contributed by atoms with van der Waals surface area (Å²) in [6.45, 7) is 7.81. The summed E-state index contributed by atoms with van der Waals surface area (Å²) in [5.74, 6) is 1.69. The van der Waals surface area contributed by atoms with Crippen molar-refractivity contribution in [3.05, 3.63) is 34.4 Å². The van der Waals surface area contributed by atoms with E-state index in [-0.39, 0.29) is 29.8 Å². The topological polar surface area (TPSA) is 51.2 Å². The molecule has 0 spiro atoms. The number of Topliss-reactive ketones (excluding diaryl/α,β-unsaturated/α-hetero) is 3. The highest BCUT2D eigenvalue weighted by molar-refractivity contribution is 6.00. The fourth-order valence-electron chi connectivity index (χ4n) is 6.70. The molecule has 0 bridgehead atoms. The van der Waals surface area contributed by atoms with E-state index >= 15 is 0 Å². The molecule has 3 rings (SSSR count). The summed E-state index contributed by atoms with van der Waals surface area (Å²) in [7, 11) is 0. The zero-order valence-electron chi connectivity index (χ0n) is 21.4. The molecule has 0 aromatic heterocycles. The normalized spacial score (nSPS) is 20.5. The Morgan fingerprint density at radius 3 is 2.42 bits per heavy atom. The smallest absolute Gasteiger partial charge is 0.163 e. The lowest BCUT2D eigenvalue weighted by Gasteiger charge is -2.32. The van der Waals surface area contributed by atoms with E-state index in [4.69, 9.17) is 0 Å². The Morgan fingerprint density at radius 1 is 1.06 bits per heavy atom. The Hall–Kier alpha value is -1.77. The number of hydrogen-bond acceptors (Lipinski definition) is 3. The summed E-state index contributed by atoms with van der Waals surface area (Å²) in [4.78, 5) is 37.7. The van der Waals surface area contributed by atoms with E-state index in [1.807, 2.05) is 0 Å². The Balaban J connectivity index is 1.78. The first-order chi connectivity index (χ1) is 15.8. The quantitative estimate of drug-likeness (QED) is 0.314. The molecule has 182 valence electrons. The van der Waals surface area contributed by atoms with Crippen molar-refractivity contribution in [2.24, 2.45) is 23.7 Å². The number of aryl methyl sites for hydroxylation is 2. The van der Waals surface area contributed by atoms with Crippen molar-refractivity contribution < 1.29 is 14.4 Å². The standard InChI is InChI=1S/C30H44O3/c1-5-9-25(26(6-2)28(32)16-21(4)31)17-23-18-27-24(15-13-22-10-7-8-11-22)14-12-20(3)30(27)29(33)19-23/h12,14,22-23,25-26H,5-11,13,15-19H2,1-4H3. The van der Waals surface area contributed by atoms with Gasteiger partial charge in [-0.15, -0.1) is 0 Å². The fourth-order valence-corrected chi connectivity index (χ4v) is 6.70. The van der Waals surface area contributed by atoms with Gasteiger partial charge in [0, 0.05) is 17.9 Å². The average molecular weight is 453 g/mol. The minimum atomic E-state index is -0.0651. The number of fused-ring (bicyclic) bond motifs is 1. The lowest BCUT2D eigenvalue weighted by molar-refractivity contribution is -0.129. The fraction of sp³-hybridized carbons (Fsp3) is 0.700. The highest BCUT2D eigenvalue weighted by atomic mass is 16.1. The third kappa shape index (κ3) is 6.64. The molecule has 1 aromatic carbocycles. The van der Waals surface area contributed by atoms with Crippen molar-refractivity contribution >= 4 is 17.3 Å². The SMILES string of the molecule is CCCC(CC1CC(=O)c2c(C)ccc(CCC3CCCC3)c2C1)C(CC)C(=O)CC(C)=O. The van der Waals surface area contributed by atoms with Gasteiger partial charge in [-0.05, 0) is 80.4 Å². The average Bonchev–Trinajstić information content (AvgIpc) is 3.27. The number of hydrogen-bond donors (Lipinski definition) is 0. The van der Waals surface area contributed by atoms with Gasteiger partial charge in [0.25, 0.3) is 0 Å². The van der Waals surface area contributed by atoms with Crippen molar-refractivity contribution in [3.8, 4) is 0 Å². The van der Waals surface area contributed by atoms with Crippen molar-refractivity contribution in [1.82, 2.24) is 0 Å². The predicted octanol–water partition coefficient (Wildman–Crippen LogP) is 7.24. The summed E-state index contributed by atoms with van der Waals surface area (Å²) in [5, 5.41) is 0. The number of rotatable bonds is 12. The maximum absolute atomic E-state index is 13.3. The second-order valence-corrected chi connectivity index (χ2v) is 10.9. The molecule has 0 radical (unpaired) electrons. The third-order valence-electron chi connectivity index (χ3n) is 8.30. The van der Waals surface area contributed by atoms with E-state index in [2.05, 4.69) is 32.9 Å². The van der Waals surface area contributed by atoms with E-state index in [1.165, 1.54) is 50.2 Å². The minimum absolute atomic E-state index is 0.0437. The van der Waals surface area contributed by atoms with Crippen molar-refractivity contribution in [3.63, 3.8) is 0 Å². The molecule has 1 fully saturated rings. The summed E-state index contributed by atoms with van der Waals surface area (Å²) >= 11 is 0. The van der Waals surface area contributed by atoms with Crippen LogP contribution in [-0.4, -0.2) is 17.3 Å². The molecular formula is C30H44O3. The van der Waals surface area contributed by atoms with Gasteiger partial charge < -0.3 is 0 Å². The predicted molar refractivity (Wildman–Crippen MR) is 135 cm³/mol. The van der Waals surface area contributed by atoms with Crippen LogP contribution in [0.3, 0.4) is 0 Å². The maximum atomic E-state index is 13.3. The molecule has 1 aromatic rings. The van der Waals surface area contributed by atoms with Gasteiger partial charge in [-0.1, -0.05) is 64.5 Å². The first-order valence-corrected chi connectivity index (χ1v) is 13.5. The van der Waals surface area contributed by atoms with Gasteiger partial charge in [-0.3, -0.25) is 14.4 Å². The van der Waals surface area contributed by atoms with Crippen LogP contribution in [-0.2, 0) is 22.4 Å². The summed E-state index contributed by atoms with van der Waals surface area (Å²) in [6.07, 6.45) is 13.1. The zero-order valence-corrected chi connectivity index (χ0v) is 21.4. The van der Waals surface area contributed by atoms with Crippen LogP contribution in [0.15, 0.2) is 12.1 Å². The van der Waals surface area contributed by atoms with E-state index in [9.17, 15) is 14.4 Å². The number of carbonyl (C=O) groups is 3. The number of ketones is 3. The Kier molecular flexibility index (Phi) is 9.47. The van der Waals surface area contributed by atoms with Gasteiger partial charge in [0.1, 0.15) is 11.6 Å². The molecule has 1 saturated carbocycles. The highest BCUT2D eigenvalue weighted by Gasteiger charge is 2.33. The first-order valence-electron chi connectivity index (χ1n) is 13.5. The molecule has 0 amide bonds. The van der Waals surface area contributed by atoms with Gasteiger partial charge in [0.2, 0.25) is 0 Å². The second kappa shape index (κ2) is 12.1. The Morgan fingerprint density at radius 2 is 1.79 bits per heavy atom. The maximum Gasteiger partial charge on any atom is 0.163 e. The minimum Gasteiger partial charge on any atom is -0.300 e. The lowest BCUT2D eigenvalue weighted by Crippen LogP contribution is -2.30. The molecular weight excluding hydrogens is 408 g/mol. The van der Waals surface area contributed by atoms with Crippen molar-refractivity contribution in [1.29, 1.82) is 0 Å². The van der Waals surface area contributed by atoms with Gasteiger partial charge in [0.05, 0.1) is 6.42 Å². The van der Waals surface area contributed by atoms with Crippen LogP contribution < -0.4 is 0 Å². The van der Waals surface area contributed by atoms with Gasteiger partial charge in [0.15, 0.2) is 5.78 Å². The van der Waals surface area contributed by atoms with Gasteiger partial charge in [-0.25, -0.2) is 0 Å². The Labute approximate surface area is 201 Å². The van der Waals surface area contributed by atoms with E-state index in [0.717, 1.165) is 55.6 Å². The molecule has 0 N–H and O–H groups in total. The molecule has 3 atom stereocenters. The van der Waals surface area contributed by atoms with E-state index in [1.54, 1.807) is 0 Å². The monoisotopic (exact) mass is 452 g/mol. The van der Waals surface area contributed by atoms with Crippen LogP contribution in [0.1, 0.15) is 118 Å².